The summed E-state index contributed by atoms with van der Waals surface area (Å²) in [6.45, 7) is 4.88. The number of anilines is 1. The van der Waals surface area contributed by atoms with E-state index in [9.17, 15) is 9.59 Å². The lowest BCUT2D eigenvalue weighted by atomic mass is 10.1. The Bertz CT molecular complexity index is 831. The molecule has 0 spiro atoms. The summed E-state index contributed by atoms with van der Waals surface area (Å²) in [5, 5.41) is 5.89. The number of nitrogens with one attached hydrogen (secondary N) is 1. The molecule has 2 heterocycles. The molecule has 26 heavy (non-hydrogen) atoms. The van der Waals surface area contributed by atoms with Gasteiger partial charge < -0.3 is 10.2 Å². The monoisotopic (exact) mass is 372 g/mol. The van der Waals surface area contributed by atoms with Crippen molar-refractivity contribution in [2.24, 2.45) is 0 Å². The molecule has 1 N–H and O–H groups in total. The zero-order valence-corrected chi connectivity index (χ0v) is 16.4. The number of hydrogen-bond donors (Lipinski definition) is 1. The van der Waals surface area contributed by atoms with E-state index < -0.39 is 0 Å². The molecule has 1 aromatic heterocycles. The number of aromatic nitrogens is 1. The van der Waals surface area contributed by atoms with Gasteiger partial charge in [0.05, 0.1) is 25.2 Å². The van der Waals surface area contributed by atoms with Gasteiger partial charge in [0.1, 0.15) is 5.01 Å². The number of likely N-dealkylation sites (N-methyl/N-ethyl adjacent to an activating group) is 2. The van der Waals surface area contributed by atoms with E-state index in [2.05, 4.69) is 11.4 Å². The van der Waals surface area contributed by atoms with Crippen molar-refractivity contribution in [1.82, 2.24) is 15.2 Å². The molecule has 1 aliphatic rings. The zero-order chi connectivity index (χ0) is 18.8. The fourth-order valence-electron chi connectivity index (χ4n) is 3.05. The van der Waals surface area contributed by atoms with Crippen LogP contribution in [0.15, 0.2) is 23.6 Å². The molecule has 0 saturated heterocycles. The first kappa shape index (κ1) is 18.5. The smallest absolute Gasteiger partial charge is 0.234 e. The number of thiazole rings is 1. The maximum Gasteiger partial charge on any atom is 0.234 e. The van der Waals surface area contributed by atoms with Crippen molar-refractivity contribution in [2.45, 2.75) is 32.9 Å². The molecule has 0 bridgehead atoms. The Morgan fingerprint density at radius 2 is 2.19 bits per heavy atom. The summed E-state index contributed by atoms with van der Waals surface area (Å²) in [5.74, 6) is 0.143. The Labute approximate surface area is 157 Å². The van der Waals surface area contributed by atoms with Crippen LogP contribution in [-0.2, 0) is 22.6 Å². The van der Waals surface area contributed by atoms with Crippen molar-refractivity contribution in [2.75, 3.05) is 25.5 Å². The third kappa shape index (κ3) is 4.11. The van der Waals surface area contributed by atoms with Crippen LogP contribution in [0, 0.1) is 0 Å². The van der Waals surface area contributed by atoms with Crippen molar-refractivity contribution in [1.29, 1.82) is 0 Å². The van der Waals surface area contributed by atoms with Crippen molar-refractivity contribution in [3.05, 3.63) is 34.2 Å². The van der Waals surface area contributed by atoms with E-state index in [4.69, 9.17) is 4.98 Å². The van der Waals surface area contributed by atoms with E-state index in [1.54, 1.807) is 23.3 Å². The van der Waals surface area contributed by atoms with Gasteiger partial charge in [-0.15, -0.1) is 11.3 Å². The minimum Gasteiger partial charge on any atom is -0.353 e. The van der Waals surface area contributed by atoms with Crippen LogP contribution in [0.1, 0.15) is 24.4 Å². The van der Waals surface area contributed by atoms with Gasteiger partial charge in [-0.2, -0.15) is 0 Å². The van der Waals surface area contributed by atoms with Gasteiger partial charge in [-0.3, -0.25) is 14.5 Å². The van der Waals surface area contributed by atoms with E-state index in [0.717, 1.165) is 27.5 Å². The minimum absolute atomic E-state index is 0.0201. The lowest BCUT2D eigenvalue weighted by molar-refractivity contribution is -0.122. The molecule has 2 aromatic rings. The van der Waals surface area contributed by atoms with Crippen molar-refractivity contribution >= 4 is 28.8 Å². The molecule has 0 atom stereocenters. The van der Waals surface area contributed by atoms with E-state index in [1.165, 1.54) is 0 Å². The average molecular weight is 372 g/mol. The third-order valence-corrected chi connectivity index (χ3v) is 5.11. The fraction of sp³-hybridized carbons (Fsp3) is 0.421. The predicted molar refractivity (Wildman–Crippen MR) is 104 cm³/mol. The molecule has 1 aromatic carbocycles. The molecular formula is C19H24N4O2S. The Balaban J connectivity index is 1.66. The van der Waals surface area contributed by atoms with Crippen LogP contribution in [0.2, 0.25) is 0 Å². The van der Waals surface area contributed by atoms with Gasteiger partial charge >= 0.3 is 0 Å². The summed E-state index contributed by atoms with van der Waals surface area (Å²) in [6, 6.07) is 6.19. The molecule has 0 fully saturated rings. The third-order valence-electron chi connectivity index (χ3n) is 4.27. The molecule has 1 aliphatic heterocycles. The molecule has 6 nitrogen and oxygen atoms in total. The van der Waals surface area contributed by atoms with Gasteiger partial charge in [0, 0.05) is 29.7 Å². The van der Waals surface area contributed by atoms with E-state index >= 15 is 0 Å². The highest BCUT2D eigenvalue weighted by molar-refractivity contribution is 7.09. The second-order valence-corrected chi connectivity index (χ2v) is 7.94. The molecule has 0 unspecified atom stereocenters. The first-order valence-electron chi connectivity index (χ1n) is 8.65. The second kappa shape index (κ2) is 7.55. The average Bonchev–Trinajstić information content (AvgIpc) is 3.11. The van der Waals surface area contributed by atoms with Crippen LogP contribution in [0.25, 0.3) is 11.3 Å². The van der Waals surface area contributed by atoms with E-state index in [0.29, 0.717) is 19.5 Å². The summed E-state index contributed by atoms with van der Waals surface area (Å²) in [6.07, 6.45) is 0.449. The summed E-state index contributed by atoms with van der Waals surface area (Å²) in [4.78, 5) is 32.0. The molecular weight excluding hydrogens is 348 g/mol. The number of hydrogen-bond acceptors (Lipinski definition) is 5. The number of nitrogens with zero attached hydrogens (tertiary/aromatic N) is 3. The Kier molecular flexibility index (Phi) is 5.38. The summed E-state index contributed by atoms with van der Waals surface area (Å²) in [7, 11) is 3.72. The second-order valence-electron chi connectivity index (χ2n) is 6.99. The number of carbonyl (C=O) groups is 2. The van der Waals surface area contributed by atoms with Crippen LogP contribution in [-0.4, -0.2) is 48.4 Å². The van der Waals surface area contributed by atoms with Crippen LogP contribution in [0.3, 0.4) is 0 Å². The molecule has 2 amide bonds. The van der Waals surface area contributed by atoms with Crippen molar-refractivity contribution < 1.29 is 9.59 Å². The van der Waals surface area contributed by atoms with Crippen LogP contribution < -0.4 is 10.2 Å². The van der Waals surface area contributed by atoms with Gasteiger partial charge in [0.2, 0.25) is 11.8 Å². The van der Waals surface area contributed by atoms with Crippen LogP contribution in [0.4, 0.5) is 5.69 Å². The Hall–Kier alpha value is -2.25. The van der Waals surface area contributed by atoms with Gasteiger partial charge in [-0.05, 0) is 38.6 Å². The number of benzene rings is 1. The lowest BCUT2D eigenvalue weighted by Crippen LogP contribution is -2.38. The quantitative estimate of drug-likeness (QED) is 0.845. The maximum absolute atomic E-state index is 11.8. The molecule has 7 heteroatoms. The highest BCUT2D eigenvalue weighted by Gasteiger charge is 2.24. The summed E-state index contributed by atoms with van der Waals surface area (Å²) >= 11 is 1.59. The molecule has 0 saturated carbocycles. The highest BCUT2D eigenvalue weighted by Crippen LogP contribution is 2.32. The van der Waals surface area contributed by atoms with Gasteiger partial charge in [0.25, 0.3) is 0 Å². The molecule has 0 radical (unpaired) electrons. The number of amides is 2. The van der Waals surface area contributed by atoms with Gasteiger partial charge in [0.15, 0.2) is 0 Å². The van der Waals surface area contributed by atoms with E-state index in [-0.39, 0.29) is 17.9 Å². The SMILES string of the molecule is CC(C)NC(=O)CN(C)Cc1nc(-c2ccc3c(c2)CC(=O)N3C)cs1. The Morgan fingerprint density at radius 1 is 1.42 bits per heavy atom. The molecule has 0 aliphatic carbocycles. The predicted octanol–water partition coefficient (Wildman–Crippen LogP) is 2.29. The number of fused-ring (bicyclic) bond motifs is 1. The standard InChI is InChI=1S/C19H24N4O2S/c1-12(2)20-17(24)9-22(3)10-18-21-15(11-26-18)13-5-6-16-14(7-13)8-19(25)23(16)4/h5-7,11-12H,8-10H2,1-4H3,(H,20,24). The van der Waals surface area contributed by atoms with E-state index in [1.807, 2.05) is 43.3 Å². The first-order chi connectivity index (χ1) is 12.3. The summed E-state index contributed by atoms with van der Waals surface area (Å²) < 4.78 is 0. The maximum atomic E-state index is 11.8. The minimum atomic E-state index is 0.0201. The number of rotatable bonds is 6. The first-order valence-corrected chi connectivity index (χ1v) is 9.53. The van der Waals surface area contributed by atoms with Gasteiger partial charge in [-0.1, -0.05) is 6.07 Å². The molecule has 3 rings (SSSR count). The summed E-state index contributed by atoms with van der Waals surface area (Å²) in [5.41, 5.74) is 3.96. The lowest BCUT2D eigenvalue weighted by Gasteiger charge is -2.16. The van der Waals surface area contributed by atoms with Gasteiger partial charge in [-0.25, -0.2) is 4.98 Å². The fourth-order valence-corrected chi connectivity index (χ4v) is 3.93. The van der Waals surface area contributed by atoms with Crippen LogP contribution in [0.5, 0.6) is 0 Å². The Morgan fingerprint density at radius 3 is 2.92 bits per heavy atom. The largest absolute Gasteiger partial charge is 0.353 e. The highest BCUT2D eigenvalue weighted by atomic mass is 32.1. The number of carbonyl (C=O) groups excluding carboxylic acids is 2. The van der Waals surface area contributed by atoms with Crippen molar-refractivity contribution in [3.8, 4) is 11.3 Å². The molecule has 138 valence electrons. The topological polar surface area (TPSA) is 65.5 Å². The normalized spacial score (nSPS) is 13.6. The van der Waals surface area contributed by atoms with Crippen molar-refractivity contribution in [3.63, 3.8) is 0 Å². The zero-order valence-electron chi connectivity index (χ0n) is 15.6. The van der Waals surface area contributed by atoms with Crippen LogP contribution >= 0.6 is 11.3 Å².